The molecule has 0 saturated heterocycles. The van der Waals surface area contributed by atoms with E-state index in [9.17, 15) is 0 Å². The molecule has 0 aliphatic carbocycles. The fraction of sp³-hybridized carbons (Fsp3) is 0.778. The lowest BCUT2D eigenvalue weighted by Gasteiger charge is -2.07. The van der Waals surface area contributed by atoms with Crippen LogP contribution in [0.2, 0.25) is 0 Å². The molecule has 0 saturated carbocycles. The van der Waals surface area contributed by atoms with E-state index < -0.39 is 0 Å². The Labute approximate surface area is 135 Å². The van der Waals surface area contributed by atoms with Crippen molar-refractivity contribution >= 4 is 9.24 Å². The third-order valence-corrected chi connectivity index (χ3v) is 3.70. The van der Waals surface area contributed by atoms with Gasteiger partial charge >= 0.3 is 0 Å². The Hall–Kier alpha value is -0.170. The molecule has 2 nitrogen and oxygen atoms in total. The average Bonchev–Trinajstić information content (AvgIpc) is 2.45. The lowest BCUT2D eigenvalue weighted by atomic mass is 10.1. The summed E-state index contributed by atoms with van der Waals surface area (Å²) >= 11 is 0. The minimum absolute atomic E-state index is 0.747. The molecular weight excluding hydrogens is 275 g/mol. The maximum atomic E-state index is 3.54. The molecule has 0 aromatic carbocycles. The van der Waals surface area contributed by atoms with Crippen LogP contribution in [-0.2, 0) is 0 Å². The van der Waals surface area contributed by atoms with Crippen LogP contribution >= 0.6 is 9.24 Å². The highest BCUT2D eigenvalue weighted by Crippen LogP contribution is 2.06. The van der Waals surface area contributed by atoms with Gasteiger partial charge in [0.2, 0.25) is 0 Å². The Balaban J connectivity index is 3.71. The largest absolute Gasteiger partial charge is 0.316 e. The second-order valence-corrected chi connectivity index (χ2v) is 6.59. The Bertz CT molecular complexity index is 272. The first-order chi connectivity index (χ1) is 10.2. The van der Waals surface area contributed by atoms with Crippen molar-refractivity contribution in [3.8, 4) is 0 Å². The number of allylic oxidation sites excluding steroid dienone is 3. The van der Waals surface area contributed by atoms with Gasteiger partial charge in [-0.25, -0.2) is 0 Å². The monoisotopic (exact) mass is 312 g/mol. The van der Waals surface area contributed by atoms with Gasteiger partial charge in [0.1, 0.15) is 0 Å². The highest BCUT2D eigenvalue weighted by molar-refractivity contribution is 7.16. The molecule has 0 bridgehead atoms. The summed E-state index contributed by atoms with van der Waals surface area (Å²) in [6.45, 7) is 11.1. The van der Waals surface area contributed by atoms with Crippen LogP contribution < -0.4 is 10.6 Å². The second-order valence-electron chi connectivity index (χ2n) is 6.02. The fourth-order valence-electron chi connectivity index (χ4n) is 2.12. The Morgan fingerprint density at radius 2 is 1.81 bits per heavy atom. The SMILES string of the molecule is C/C=C\C(=C/CCCNCC(C)C)CCNCCCCP. The molecule has 0 amide bonds. The molecule has 0 radical (unpaired) electrons. The predicted octanol–water partition coefficient (Wildman–Crippen LogP) is 4.15. The zero-order valence-electron chi connectivity index (χ0n) is 14.5. The van der Waals surface area contributed by atoms with Gasteiger partial charge in [-0.15, -0.1) is 9.24 Å². The van der Waals surface area contributed by atoms with E-state index in [4.69, 9.17) is 0 Å². The van der Waals surface area contributed by atoms with Crippen molar-refractivity contribution in [2.45, 2.75) is 52.9 Å². The van der Waals surface area contributed by atoms with E-state index in [1.807, 2.05) is 0 Å². The molecule has 2 N–H and O–H groups in total. The van der Waals surface area contributed by atoms with Gasteiger partial charge in [0, 0.05) is 0 Å². The van der Waals surface area contributed by atoms with E-state index in [0.717, 1.165) is 38.5 Å². The molecule has 21 heavy (non-hydrogen) atoms. The number of nitrogens with one attached hydrogen (secondary N) is 2. The first kappa shape index (κ1) is 20.8. The summed E-state index contributed by atoms with van der Waals surface area (Å²) in [5, 5.41) is 7.04. The van der Waals surface area contributed by atoms with E-state index in [1.165, 1.54) is 37.4 Å². The summed E-state index contributed by atoms with van der Waals surface area (Å²) in [6, 6.07) is 0. The third kappa shape index (κ3) is 16.0. The number of rotatable bonds is 14. The molecule has 3 heteroatoms. The van der Waals surface area contributed by atoms with E-state index in [0.29, 0.717) is 0 Å². The van der Waals surface area contributed by atoms with Gasteiger partial charge in [-0.05, 0) is 77.3 Å². The Morgan fingerprint density at radius 3 is 2.48 bits per heavy atom. The van der Waals surface area contributed by atoms with E-state index >= 15 is 0 Å². The first-order valence-corrected chi connectivity index (χ1v) is 9.45. The smallest absolute Gasteiger partial charge is 0.000847 e. The van der Waals surface area contributed by atoms with Gasteiger partial charge in [-0.3, -0.25) is 0 Å². The quantitative estimate of drug-likeness (QED) is 0.286. The van der Waals surface area contributed by atoms with Crippen LogP contribution in [0.3, 0.4) is 0 Å². The number of hydrogen-bond acceptors (Lipinski definition) is 2. The van der Waals surface area contributed by atoms with Crippen molar-refractivity contribution < 1.29 is 0 Å². The third-order valence-electron chi connectivity index (χ3n) is 3.30. The normalized spacial score (nSPS) is 12.7. The van der Waals surface area contributed by atoms with Gasteiger partial charge in [-0.1, -0.05) is 37.6 Å². The van der Waals surface area contributed by atoms with Crippen molar-refractivity contribution in [2.24, 2.45) is 5.92 Å². The van der Waals surface area contributed by atoms with Crippen LogP contribution in [0.4, 0.5) is 0 Å². The maximum Gasteiger partial charge on any atom is -0.000847 e. The second kappa shape index (κ2) is 16.2. The number of unbranched alkanes of at least 4 members (excludes halogenated alkanes) is 2. The van der Waals surface area contributed by atoms with Crippen LogP contribution in [-0.4, -0.2) is 32.3 Å². The van der Waals surface area contributed by atoms with E-state index in [2.05, 4.69) is 58.9 Å². The molecule has 0 aromatic rings. The molecule has 0 aromatic heterocycles. The summed E-state index contributed by atoms with van der Waals surface area (Å²) in [7, 11) is 2.79. The topological polar surface area (TPSA) is 24.1 Å². The Morgan fingerprint density at radius 1 is 1.05 bits per heavy atom. The summed E-state index contributed by atoms with van der Waals surface area (Å²) < 4.78 is 0. The molecule has 0 aliphatic rings. The highest BCUT2D eigenvalue weighted by Gasteiger charge is 1.95. The zero-order chi connectivity index (χ0) is 15.8. The molecule has 124 valence electrons. The Kier molecular flexibility index (Phi) is 16.1. The van der Waals surface area contributed by atoms with Crippen LogP contribution in [0.1, 0.15) is 52.9 Å². The molecule has 1 unspecified atom stereocenters. The lowest BCUT2D eigenvalue weighted by molar-refractivity contribution is 0.544. The minimum Gasteiger partial charge on any atom is -0.316 e. The van der Waals surface area contributed by atoms with Gasteiger partial charge in [0.05, 0.1) is 0 Å². The fourth-order valence-corrected chi connectivity index (χ4v) is 2.41. The molecule has 0 spiro atoms. The molecule has 1 atom stereocenters. The van der Waals surface area contributed by atoms with Crippen LogP contribution in [0.15, 0.2) is 23.8 Å². The van der Waals surface area contributed by atoms with Crippen molar-refractivity contribution in [1.82, 2.24) is 10.6 Å². The van der Waals surface area contributed by atoms with Crippen LogP contribution in [0, 0.1) is 5.92 Å². The van der Waals surface area contributed by atoms with Crippen molar-refractivity contribution in [2.75, 3.05) is 32.3 Å². The van der Waals surface area contributed by atoms with Crippen molar-refractivity contribution in [1.29, 1.82) is 0 Å². The minimum atomic E-state index is 0.747. The molecule has 0 fully saturated rings. The molecule has 0 rings (SSSR count). The van der Waals surface area contributed by atoms with E-state index in [-0.39, 0.29) is 0 Å². The van der Waals surface area contributed by atoms with Crippen molar-refractivity contribution in [3.05, 3.63) is 23.8 Å². The first-order valence-electron chi connectivity index (χ1n) is 8.64. The molecule has 0 aliphatic heterocycles. The van der Waals surface area contributed by atoms with Gasteiger partial charge in [0.15, 0.2) is 0 Å². The lowest BCUT2D eigenvalue weighted by Crippen LogP contribution is -2.20. The van der Waals surface area contributed by atoms with Gasteiger partial charge in [-0.2, -0.15) is 0 Å². The van der Waals surface area contributed by atoms with Crippen LogP contribution in [0.25, 0.3) is 0 Å². The maximum absolute atomic E-state index is 3.54. The van der Waals surface area contributed by atoms with Gasteiger partial charge < -0.3 is 10.6 Å². The van der Waals surface area contributed by atoms with Crippen LogP contribution in [0.5, 0.6) is 0 Å². The summed E-state index contributed by atoms with van der Waals surface area (Å²) in [5.41, 5.74) is 1.47. The highest BCUT2D eigenvalue weighted by atomic mass is 31.0. The summed E-state index contributed by atoms with van der Waals surface area (Å²) in [5.74, 6) is 0.747. The zero-order valence-corrected chi connectivity index (χ0v) is 15.6. The van der Waals surface area contributed by atoms with Crippen molar-refractivity contribution in [3.63, 3.8) is 0 Å². The summed E-state index contributed by atoms with van der Waals surface area (Å²) in [6.07, 6.45) is 14.2. The standard InChI is InChI=1S/C18H37N2P/c1-4-9-18(11-14-19-12-7-8-15-21)10-5-6-13-20-16-17(2)3/h4,9-10,17,19-20H,5-8,11-16,21H2,1-3H3/b9-4-,18-10+. The van der Waals surface area contributed by atoms with E-state index in [1.54, 1.807) is 0 Å². The summed E-state index contributed by atoms with van der Waals surface area (Å²) in [4.78, 5) is 0. The molecule has 0 heterocycles. The average molecular weight is 312 g/mol. The van der Waals surface area contributed by atoms with Gasteiger partial charge in [0.25, 0.3) is 0 Å². The number of hydrogen-bond donors (Lipinski definition) is 2. The molecular formula is C18H37N2P. The predicted molar refractivity (Wildman–Crippen MR) is 101 cm³/mol.